The Hall–Kier alpha value is -1.68. The molecule has 0 heterocycles. The van der Waals surface area contributed by atoms with Crippen LogP contribution in [-0.4, -0.2) is 22.0 Å². The number of aliphatic carboxylic acids is 1. The van der Waals surface area contributed by atoms with Crippen molar-refractivity contribution in [2.75, 3.05) is 0 Å². The summed E-state index contributed by atoms with van der Waals surface area (Å²) in [5.74, 6) is -1.51. The van der Waals surface area contributed by atoms with Crippen LogP contribution in [0.25, 0.3) is 0 Å². The number of carbonyl (C=O) groups is 2. The van der Waals surface area contributed by atoms with E-state index in [-0.39, 0.29) is 12.8 Å². The summed E-state index contributed by atoms with van der Waals surface area (Å²) in [6.07, 6.45) is -1.61. The average molecular weight is 208 g/mol. The first kappa shape index (κ1) is 11.4. The number of aliphatic hydroxyl groups excluding tert-OH is 1. The molecule has 0 aromatic heterocycles. The number of hydrogen-bond acceptors (Lipinski definition) is 3. The maximum Gasteiger partial charge on any atom is 0.303 e. The third-order valence-corrected chi connectivity index (χ3v) is 2.01. The molecule has 0 aliphatic rings. The summed E-state index contributed by atoms with van der Waals surface area (Å²) in [4.78, 5) is 21.6. The number of ketones is 1. The number of aliphatic hydroxyl groups is 1. The number of benzene rings is 1. The lowest BCUT2D eigenvalue weighted by Crippen LogP contribution is -2.13. The fourth-order valence-corrected chi connectivity index (χ4v) is 1.19. The highest BCUT2D eigenvalue weighted by molar-refractivity contribution is 5.86. The van der Waals surface area contributed by atoms with Crippen LogP contribution in [0.4, 0.5) is 0 Å². The molecular formula is C11H12O4. The van der Waals surface area contributed by atoms with Crippen molar-refractivity contribution >= 4 is 11.8 Å². The Morgan fingerprint density at radius 3 is 2.27 bits per heavy atom. The van der Waals surface area contributed by atoms with E-state index in [1.807, 2.05) is 0 Å². The molecule has 0 unspecified atom stereocenters. The second-order valence-corrected chi connectivity index (χ2v) is 3.17. The second-order valence-electron chi connectivity index (χ2n) is 3.17. The van der Waals surface area contributed by atoms with Crippen molar-refractivity contribution in [1.29, 1.82) is 0 Å². The van der Waals surface area contributed by atoms with Crippen molar-refractivity contribution in [3.05, 3.63) is 35.9 Å². The van der Waals surface area contributed by atoms with Gasteiger partial charge in [0.2, 0.25) is 0 Å². The monoisotopic (exact) mass is 208 g/mol. The summed E-state index contributed by atoms with van der Waals surface area (Å²) in [7, 11) is 0. The summed E-state index contributed by atoms with van der Waals surface area (Å²) in [6, 6.07) is 8.46. The van der Waals surface area contributed by atoms with Crippen LogP contribution >= 0.6 is 0 Å². The maximum absolute atomic E-state index is 11.3. The van der Waals surface area contributed by atoms with Crippen LogP contribution in [-0.2, 0) is 9.59 Å². The summed E-state index contributed by atoms with van der Waals surface area (Å²) >= 11 is 0. The van der Waals surface area contributed by atoms with E-state index in [4.69, 9.17) is 5.11 Å². The SMILES string of the molecule is O=C(O)CCC(=O)[C@H](O)c1ccccc1. The van der Waals surface area contributed by atoms with Crippen LogP contribution in [0.2, 0.25) is 0 Å². The first-order valence-corrected chi connectivity index (χ1v) is 4.59. The number of carboxylic acid groups (broad SMARTS) is 1. The number of rotatable bonds is 5. The van der Waals surface area contributed by atoms with Gasteiger partial charge >= 0.3 is 5.97 Å². The average Bonchev–Trinajstić information content (AvgIpc) is 2.26. The Morgan fingerprint density at radius 1 is 1.13 bits per heavy atom. The van der Waals surface area contributed by atoms with Gasteiger partial charge in [-0.25, -0.2) is 0 Å². The van der Waals surface area contributed by atoms with E-state index in [2.05, 4.69) is 0 Å². The molecule has 2 N–H and O–H groups in total. The van der Waals surface area contributed by atoms with E-state index in [1.165, 1.54) is 0 Å². The van der Waals surface area contributed by atoms with Crippen molar-refractivity contribution < 1.29 is 19.8 Å². The van der Waals surface area contributed by atoms with Crippen molar-refractivity contribution in [3.8, 4) is 0 Å². The fraction of sp³-hybridized carbons (Fsp3) is 0.273. The molecule has 0 saturated carbocycles. The van der Waals surface area contributed by atoms with Crippen LogP contribution in [0, 0.1) is 0 Å². The third kappa shape index (κ3) is 3.52. The topological polar surface area (TPSA) is 74.6 Å². The minimum Gasteiger partial charge on any atom is -0.481 e. The molecular weight excluding hydrogens is 196 g/mol. The van der Waals surface area contributed by atoms with Gasteiger partial charge in [-0.2, -0.15) is 0 Å². The van der Waals surface area contributed by atoms with Gasteiger partial charge in [0.05, 0.1) is 6.42 Å². The van der Waals surface area contributed by atoms with Crippen molar-refractivity contribution in [2.45, 2.75) is 18.9 Å². The first-order valence-electron chi connectivity index (χ1n) is 4.59. The number of carboxylic acids is 1. The van der Waals surface area contributed by atoms with Gasteiger partial charge in [-0.15, -0.1) is 0 Å². The second kappa shape index (κ2) is 5.26. The van der Waals surface area contributed by atoms with Crippen LogP contribution in [0.5, 0.6) is 0 Å². The fourth-order valence-electron chi connectivity index (χ4n) is 1.19. The van der Waals surface area contributed by atoms with E-state index in [9.17, 15) is 14.7 Å². The molecule has 4 nitrogen and oxygen atoms in total. The summed E-state index contributed by atoms with van der Waals surface area (Å²) < 4.78 is 0. The molecule has 0 spiro atoms. The van der Waals surface area contributed by atoms with Gasteiger partial charge in [0, 0.05) is 6.42 Å². The van der Waals surface area contributed by atoms with Crippen LogP contribution in [0.3, 0.4) is 0 Å². The van der Waals surface area contributed by atoms with Crippen molar-refractivity contribution in [3.63, 3.8) is 0 Å². The number of hydrogen-bond donors (Lipinski definition) is 2. The van der Waals surface area contributed by atoms with Crippen LogP contribution < -0.4 is 0 Å². The highest BCUT2D eigenvalue weighted by atomic mass is 16.4. The summed E-state index contributed by atoms with van der Waals surface area (Å²) in [6.45, 7) is 0. The van der Waals surface area contributed by atoms with Gasteiger partial charge < -0.3 is 10.2 Å². The molecule has 0 aliphatic heterocycles. The largest absolute Gasteiger partial charge is 0.481 e. The zero-order valence-electron chi connectivity index (χ0n) is 8.09. The van der Waals surface area contributed by atoms with Gasteiger partial charge in [0.25, 0.3) is 0 Å². The van der Waals surface area contributed by atoms with E-state index < -0.39 is 17.9 Å². The first-order chi connectivity index (χ1) is 7.11. The van der Waals surface area contributed by atoms with Gasteiger partial charge in [-0.3, -0.25) is 9.59 Å². The zero-order valence-corrected chi connectivity index (χ0v) is 8.09. The van der Waals surface area contributed by atoms with Gasteiger partial charge in [-0.05, 0) is 5.56 Å². The van der Waals surface area contributed by atoms with E-state index in [1.54, 1.807) is 30.3 Å². The van der Waals surface area contributed by atoms with Crippen molar-refractivity contribution in [2.24, 2.45) is 0 Å². The Kier molecular flexibility index (Phi) is 4.00. The van der Waals surface area contributed by atoms with E-state index in [0.717, 1.165) is 0 Å². The minimum absolute atomic E-state index is 0.147. The Balaban J connectivity index is 2.57. The van der Waals surface area contributed by atoms with Crippen LogP contribution in [0.1, 0.15) is 24.5 Å². The Bertz CT molecular complexity index is 345. The lowest BCUT2D eigenvalue weighted by Gasteiger charge is -2.08. The van der Waals surface area contributed by atoms with Gasteiger partial charge in [0.15, 0.2) is 5.78 Å². The molecule has 4 heteroatoms. The van der Waals surface area contributed by atoms with E-state index in [0.29, 0.717) is 5.56 Å². The highest BCUT2D eigenvalue weighted by Gasteiger charge is 2.17. The predicted molar refractivity (Wildman–Crippen MR) is 53.3 cm³/mol. The Labute approximate surface area is 87.2 Å². The Morgan fingerprint density at radius 2 is 1.73 bits per heavy atom. The zero-order chi connectivity index (χ0) is 11.3. The molecule has 0 fully saturated rings. The van der Waals surface area contributed by atoms with Gasteiger partial charge in [-0.1, -0.05) is 30.3 Å². The normalized spacial score (nSPS) is 12.1. The van der Waals surface area contributed by atoms with Crippen molar-refractivity contribution in [1.82, 2.24) is 0 Å². The third-order valence-electron chi connectivity index (χ3n) is 2.01. The molecule has 0 aliphatic carbocycles. The number of Topliss-reactive ketones (excluding diaryl/α,β-unsaturated/α-hetero) is 1. The molecule has 15 heavy (non-hydrogen) atoms. The lowest BCUT2D eigenvalue weighted by molar-refractivity contribution is -0.139. The molecule has 0 radical (unpaired) electrons. The molecule has 0 saturated heterocycles. The van der Waals surface area contributed by atoms with Crippen LogP contribution in [0.15, 0.2) is 30.3 Å². The summed E-state index contributed by atoms with van der Waals surface area (Å²) in [5, 5.41) is 17.9. The minimum atomic E-state index is -1.22. The quantitative estimate of drug-likeness (QED) is 0.761. The molecule has 1 aromatic carbocycles. The molecule has 0 amide bonds. The predicted octanol–water partition coefficient (Wildman–Crippen LogP) is 1.15. The van der Waals surface area contributed by atoms with E-state index >= 15 is 0 Å². The molecule has 80 valence electrons. The van der Waals surface area contributed by atoms with Gasteiger partial charge in [0.1, 0.15) is 6.10 Å². The highest BCUT2D eigenvalue weighted by Crippen LogP contribution is 2.15. The summed E-state index contributed by atoms with van der Waals surface area (Å²) in [5.41, 5.74) is 0.493. The lowest BCUT2D eigenvalue weighted by atomic mass is 10.0. The smallest absolute Gasteiger partial charge is 0.303 e. The molecule has 1 aromatic rings. The number of carbonyl (C=O) groups excluding carboxylic acids is 1. The maximum atomic E-state index is 11.3. The standard InChI is InChI=1S/C11H12O4/c12-9(6-7-10(13)14)11(15)8-4-2-1-3-5-8/h1-5,11,15H,6-7H2,(H,13,14)/t11-/m1/s1. The molecule has 1 atom stereocenters. The molecule has 1 rings (SSSR count). The molecule has 0 bridgehead atoms.